The zero-order valence-electron chi connectivity index (χ0n) is 55.2. The number of unbranched alkanes of at least 4 members (excludes halogenated alkanes) is 10. The summed E-state index contributed by atoms with van der Waals surface area (Å²) in [6, 6.07) is -1.06. The van der Waals surface area contributed by atoms with Crippen LogP contribution in [0.4, 0.5) is 0 Å². The fraction of sp³-hybridized carbons (Fsp3) is 0.983. The Hall–Kier alpha value is -0.960. The maximum Gasteiger partial charge on any atom is 0.267 e. The van der Waals surface area contributed by atoms with Crippen LogP contribution in [0.5, 0.6) is 0 Å². The van der Waals surface area contributed by atoms with Crippen LogP contribution in [0.25, 0.3) is 0 Å². The van der Waals surface area contributed by atoms with E-state index in [0.29, 0.717) is 83.5 Å². The van der Waals surface area contributed by atoms with E-state index in [0.717, 1.165) is 0 Å². The number of amides is 1. The highest BCUT2D eigenvalue weighted by atomic mass is 31.2. The van der Waals surface area contributed by atoms with Crippen molar-refractivity contribution in [2.24, 2.45) is 17.3 Å². The summed E-state index contributed by atoms with van der Waals surface area (Å²) in [5.41, 5.74) is -0.951. The predicted octanol–water partition coefficient (Wildman–Crippen LogP) is 0.338. The minimum atomic E-state index is -4.65. The highest BCUT2D eigenvalue weighted by Crippen LogP contribution is 2.41. The van der Waals surface area contributed by atoms with Gasteiger partial charge in [-0.3, -0.25) is 18.5 Å². The van der Waals surface area contributed by atoms with E-state index in [2.05, 4.69) is 5.32 Å². The molecule has 0 radical (unpaired) electrons. The SMILES string of the molecule is CC(=O)NC1[C@H](OCCCCCCOP(=O)([O-])OCCCCOCC(COCCCOP(=O)([O-])OCCCCCCO[C@@H]2OC(CO)[C@H](O)[C@H](O)C2C)(COCCCOP(=O)([O-])OCCCCCCO[C@@H]2OC(CO)[C@H](O)[C@H](O)C2C)COC(C)C)OC(CO)[C@H](O)[C@@H]1O. The van der Waals surface area contributed by atoms with Gasteiger partial charge < -0.3 is 140 Å². The van der Waals surface area contributed by atoms with Gasteiger partial charge in [-0.2, -0.15) is 0 Å². The lowest BCUT2D eigenvalue weighted by Crippen LogP contribution is -2.64. The van der Waals surface area contributed by atoms with Crippen LogP contribution in [0.3, 0.4) is 0 Å². The number of carbonyl (C=O) groups is 1. The molecule has 3 rings (SSSR count). The van der Waals surface area contributed by atoms with Crippen LogP contribution in [0.15, 0.2) is 0 Å². The van der Waals surface area contributed by atoms with Crippen molar-refractivity contribution in [3.05, 3.63) is 0 Å². The zero-order valence-corrected chi connectivity index (χ0v) is 57.9. The molecule has 18 atom stereocenters. The third-order valence-corrected chi connectivity index (χ3v) is 18.6. The van der Waals surface area contributed by atoms with Gasteiger partial charge in [-0.1, -0.05) is 52.4 Å². The Morgan fingerprint density at radius 3 is 1.05 bits per heavy atom. The molecule has 0 spiro atoms. The van der Waals surface area contributed by atoms with Crippen LogP contribution < -0.4 is 20.0 Å². The first-order chi connectivity index (χ1) is 44.7. The Balaban J connectivity index is 1.40. The van der Waals surface area contributed by atoms with Crippen molar-refractivity contribution in [1.82, 2.24) is 5.32 Å². The van der Waals surface area contributed by atoms with E-state index in [1.54, 1.807) is 13.8 Å². The maximum atomic E-state index is 12.5. The Morgan fingerprint density at radius 1 is 0.426 bits per heavy atom. The van der Waals surface area contributed by atoms with E-state index in [4.69, 9.17) is 74.5 Å². The fourth-order valence-corrected chi connectivity index (χ4v) is 12.3. The molecule has 3 aliphatic rings. The van der Waals surface area contributed by atoms with Crippen molar-refractivity contribution in [2.75, 3.05) is 126 Å². The third kappa shape index (κ3) is 35.1. The number of rotatable bonds is 56. The number of phosphoric acid groups is 3. The van der Waals surface area contributed by atoms with Crippen molar-refractivity contribution in [2.45, 2.75) is 223 Å². The molecule has 3 fully saturated rings. The third-order valence-electron chi connectivity index (χ3n) is 15.6. The van der Waals surface area contributed by atoms with Crippen LogP contribution in [0, 0.1) is 17.3 Å². The number of phosphoric ester groups is 3. The van der Waals surface area contributed by atoms with E-state index >= 15 is 0 Å². The molecule has 10 N–H and O–H groups in total. The zero-order chi connectivity index (χ0) is 69.6. The number of nitrogens with one attached hydrogen (secondary N) is 1. The molecule has 3 saturated heterocycles. The Morgan fingerprint density at radius 2 is 0.713 bits per heavy atom. The van der Waals surface area contributed by atoms with Crippen LogP contribution in [-0.2, 0) is 93.0 Å². The van der Waals surface area contributed by atoms with E-state index in [1.165, 1.54) is 6.92 Å². The van der Waals surface area contributed by atoms with Crippen LogP contribution >= 0.6 is 23.5 Å². The molecule has 36 heteroatoms. The quantitative estimate of drug-likeness (QED) is 0.0290. The van der Waals surface area contributed by atoms with Crippen LogP contribution in [0.1, 0.15) is 137 Å². The molecule has 9 unspecified atom stereocenters. The molecule has 33 nitrogen and oxygen atoms in total. The highest BCUT2D eigenvalue weighted by molar-refractivity contribution is 7.46. The first-order valence-electron chi connectivity index (χ1n) is 32.9. The molecule has 0 aromatic rings. The number of aliphatic hydroxyl groups excluding tert-OH is 9. The second kappa shape index (κ2) is 48.0. The van der Waals surface area contributed by atoms with Gasteiger partial charge >= 0.3 is 0 Å². The van der Waals surface area contributed by atoms with Gasteiger partial charge in [-0.25, -0.2) is 0 Å². The average molecular weight is 1430 g/mol. The summed E-state index contributed by atoms with van der Waals surface area (Å²) in [4.78, 5) is 49.2. The summed E-state index contributed by atoms with van der Waals surface area (Å²) in [5, 5.41) is 92.0. The molecule has 0 aromatic heterocycles. The summed E-state index contributed by atoms with van der Waals surface area (Å²) >= 11 is 0. The molecule has 558 valence electrons. The lowest BCUT2D eigenvalue weighted by molar-refractivity contribution is -0.282. The summed E-state index contributed by atoms with van der Waals surface area (Å²) < 4.78 is 126. The van der Waals surface area contributed by atoms with E-state index in [9.17, 15) is 79.1 Å². The van der Waals surface area contributed by atoms with Crippen molar-refractivity contribution >= 4 is 29.4 Å². The maximum absolute atomic E-state index is 12.5. The van der Waals surface area contributed by atoms with E-state index < -0.39 is 146 Å². The summed E-state index contributed by atoms with van der Waals surface area (Å²) in [5.74, 6) is -1.51. The number of hydrogen-bond donors (Lipinski definition) is 10. The minimum absolute atomic E-state index is 0.00464. The largest absolute Gasteiger partial charge is 0.756 e. The number of hydrogen-bond acceptors (Lipinski definition) is 32. The van der Waals surface area contributed by atoms with Crippen molar-refractivity contribution in [3.63, 3.8) is 0 Å². The number of aliphatic hydroxyl groups is 9. The second-order valence-corrected chi connectivity index (χ2v) is 28.4. The van der Waals surface area contributed by atoms with Gasteiger partial charge in [0.25, 0.3) is 23.5 Å². The molecule has 0 saturated carbocycles. The van der Waals surface area contributed by atoms with Gasteiger partial charge in [0.1, 0.15) is 48.8 Å². The molecule has 0 bridgehead atoms. The first-order valence-corrected chi connectivity index (χ1v) is 37.2. The van der Waals surface area contributed by atoms with Gasteiger partial charge in [0.05, 0.1) is 110 Å². The average Bonchev–Trinajstić information content (AvgIpc) is 0.925. The van der Waals surface area contributed by atoms with Crippen LogP contribution in [0.2, 0.25) is 0 Å². The topological polar surface area (TPSA) is 479 Å². The minimum Gasteiger partial charge on any atom is -0.756 e. The van der Waals surface area contributed by atoms with Gasteiger partial charge in [0.15, 0.2) is 18.9 Å². The molecule has 3 aliphatic heterocycles. The first kappa shape index (κ1) is 87.3. The van der Waals surface area contributed by atoms with Gasteiger partial charge in [0, 0.05) is 58.4 Å². The predicted molar refractivity (Wildman–Crippen MR) is 325 cm³/mol. The molecule has 0 aromatic carbocycles. The van der Waals surface area contributed by atoms with Crippen molar-refractivity contribution in [1.29, 1.82) is 0 Å². The normalized spacial score (nSPS) is 29.4. The molecular weight excluding hydrogens is 1320 g/mol. The Bertz CT molecular complexity index is 2030. The monoisotopic (exact) mass is 1430 g/mol. The van der Waals surface area contributed by atoms with Gasteiger partial charge in [0.2, 0.25) is 5.91 Å². The molecule has 94 heavy (non-hydrogen) atoms. The van der Waals surface area contributed by atoms with Crippen molar-refractivity contribution in [3.8, 4) is 0 Å². The van der Waals surface area contributed by atoms with E-state index in [1.807, 2.05) is 13.8 Å². The smallest absolute Gasteiger partial charge is 0.267 e. The Kier molecular flexibility index (Phi) is 44.6. The second-order valence-electron chi connectivity index (χ2n) is 24.2. The lowest BCUT2D eigenvalue weighted by atomic mass is 9.92. The van der Waals surface area contributed by atoms with Crippen molar-refractivity contribution < 1.29 is 154 Å². The summed E-state index contributed by atoms with van der Waals surface area (Å²) in [7, 11) is -13.9. The Labute approximate surface area is 552 Å². The van der Waals surface area contributed by atoms with Gasteiger partial charge in [-0.15, -0.1) is 0 Å². The number of carbonyl (C=O) groups excluding carboxylic acids is 1. The molecule has 3 heterocycles. The molecule has 0 aliphatic carbocycles. The molecular formula is C58H111NO32P3-3. The molecule has 1 amide bonds. The number of ether oxygens (including phenoxy) is 10. The van der Waals surface area contributed by atoms with Crippen LogP contribution in [-0.4, -0.2) is 263 Å². The highest BCUT2D eigenvalue weighted by Gasteiger charge is 2.46. The van der Waals surface area contributed by atoms with E-state index in [-0.39, 0.29) is 131 Å². The summed E-state index contributed by atoms with van der Waals surface area (Å²) in [6.07, 6.45) is -5.88. The summed E-state index contributed by atoms with van der Waals surface area (Å²) in [6.45, 7) is 6.81. The fourth-order valence-electron chi connectivity index (χ4n) is 9.96. The standard InChI is InChI=1S/C58H114NO32P3/c1-41(2)82-40-58(38-77-23-20-32-87-93(72,73)84-29-15-9-6-12-25-79-55-42(3)49(64)51(66)45(34-60)89-55,39-78-24-21-33-88-94(74,75)85-30-16-10-7-13-26-80-56-43(4)50(65)52(67)46(35-61)90-56)37-76-22-18-19-31-86-92(70,71)83-28-17-11-8-14-27-81-57-48(59-44(5)63)54(69)53(68)47(36-62)91-57/h41-43,45-57,60-62,64-69H,6-40H2,1-5H3,(H,59,63)(H,70,71)(H,72,73)(H,74,75)/p-3/t42?,43?,45?,46?,47?,48?,49-,50-,51+,52+,53+,54-,55-,56-,57-,58?/m1/s1. The van der Waals surface area contributed by atoms with Gasteiger partial charge in [-0.05, 0) is 78.1 Å². The lowest BCUT2D eigenvalue weighted by Gasteiger charge is -2.42.